The van der Waals surface area contributed by atoms with Gasteiger partial charge in [0.1, 0.15) is 0 Å². The van der Waals surface area contributed by atoms with E-state index < -0.39 is 0 Å². The van der Waals surface area contributed by atoms with Crippen LogP contribution in [-0.2, 0) is 4.74 Å². The van der Waals surface area contributed by atoms with Gasteiger partial charge in [-0.25, -0.2) is 0 Å². The molecular weight excluding hydrogens is 224 g/mol. The first-order valence-corrected chi connectivity index (χ1v) is 7.72. The summed E-state index contributed by atoms with van der Waals surface area (Å²) in [6.07, 6.45) is 9.52. The van der Waals surface area contributed by atoms with Crippen molar-refractivity contribution in [3.63, 3.8) is 0 Å². The largest absolute Gasteiger partial charge is 0.375 e. The Morgan fingerprint density at radius 2 is 2.11 bits per heavy atom. The summed E-state index contributed by atoms with van der Waals surface area (Å²) < 4.78 is 6.03. The standard InChI is InChI=1S/C15H28N2O/c1-3-15(4-2)12-13(9-11-18-15)17-14-8-6-5-7-10-16-14/h13H,3-12H2,1-2H3,(H,16,17). The van der Waals surface area contributed by atoms with Crippen molar-refractivity contribution in [1.82, 2.24) is 5.32 Å². The Labute approximate surface area is 111 Å². The van der Waals surface area contributed by atoms with E-state index in [1.807, 2.05) is 0 Å². The van der Waals surface area contributed by atoms with Crippen molar-refractivity contribution in [3.8, 4) is 0 Å². The molecule has 1 unspecified atom stereocenters. The van der Waals surface area contributed by atoms with Gasteiger partial charge in [-0.05, 0) is 38.5 Å². The fraction of sp³-hybridized carbons (Fsp3) is 0.933. The van der Waals surface area contributed by atoms with E-state index in [0.29, 0.717) is 6.04 Å². The van der Waals surface area contributed by atoms with Crippen LogP contribution in [0, 0.1) is 0 Å². The van der Waals surface area contributed by atoms with Crippen LogP contribution in [0.4, 0.5) is 0 Å². The molecule has 2 heterocycles. The predicted molar refractivity (Wildman–Crippen MR) is 76.2 cm³/mol. The van der Waals surface area contributed by atoms with Gasteiger partial charge in [0, 0.05) is 25.6 Å². The third-order valence-corrected chi connectivity index (χ3v) is 4.53. The van der Waals surface area contributed by atoms with Gasteiger partial charge in [0.15, 0.2) is 0 Å². The molecule has 0 bridgehead atoms. The minimum absolute atomic E-state index is 0.112. The van der Waals surface area contributed by atoms with Crippen LogP contribution in [0.3, 0.4) is 0 Å². The van der Waals surface area contributed by atoms with E-state index in [-0.39, 0.29) is 5.60 Å². The van der Waals surface area contributed by atoms with Gasteiger partial charge < -0.3 is 10.1 Å². The molecule has 3 nitrogen and oxygen atoms in total. The van der Waals surface area contributed by atoms with E-state index >= 15 is 0 Å². The lowest BCUT2D eigenvalue weighted by atomic mass is 9.86. The van der Waals surface area contributed by atoms with E-state index in [9.17, 15) is 0 Å². The van der Waals surface area contributed by atoms with E-state index in [1.54, 1.807) is 0 Å². The molecule has 3 heteroatoms. The van der Waals surface area contributed by atoms with E-state index in [2.05, 4.69) is 24.2 Å². The molecule has 0 spiro atoms. The van der Waals surface area contributed by atoms with Crippen LogP contribution in [-0.4, -0.2) is 30.6 Å². The zero-order chi connectivity index (χ0) is 12.8. The second kappa shape index (κ2) is 6.55. The summed E-state index contributed by atoms with van der Waals surface area (Å²) in [6.45, 7) is 6.40. The Balaban J connectivity index is 1.90. The highest BCUT2D eigenvalue weighted by Crippen LogP contribution is 2.31. The van der Waals surface area contributed by atoms with Crippen LogP contribution in [0.25, 0.3) is 0 Å². The molecule has 2 rings (SSSR count). The zero-order valence-corrected chi connectivity index (χ0v) is 12.0. The third-order valence-electron chi connectivity index (χ3n) is 4.53. The molecule has 104 valence electrons. The van der Waals surface area contributed by atoms with E-state index in [0.717, 1.165) is 45.3 Å². The number of nitrogens with one attached hydrogen (secondary N) is 1. The smallest absolute Gasteiger partial charge is 0.0965 e. The average molecular weight is 252 g/mol. The van der Waals surface area contributed by atoms with Crippen LogP contribution in [0.1, 0.15) is 65.2 Å². The SMILES string of the molecule is CCC1(CC)CC(NC2=NCCCCC2)CCO1. The second-order valence-corrected chi connectivity index (χ2v) is 5.71. The molecule has 0 saturated carbocycles. The number of aliphatic imine (C=N–C) groups is 1. The minimum atomic E-state index is 0.112. The number of ether oxygens (including phenoxy) is 1. The van der Waals surface area contributed by atoms with Gasteiger partial charge in [0.05, 0.1) is 11.4 Å². The summed E-state index contributed by atoms with van der Waals surface area (Å²) in [5.74, 6) is 1.25. The fourth-order valence-corrected chi connectivity index (χ4v) is 3.12. The van der Waals surface area contributed by atoms with Crippen molar-refractivity contribution in [2.75, 3.05) is 13.2 Å². The van der Waals surface area contributed by atoms with Gasteiger partial charge in [-0.1, -0.05) is 20.3 Å². The molecule has 0 aromatic heterocycles. The Morgan fingerprint density at radius 3 is 2.89 bits per heavy atom. The summed E-state index contributed by atoms with van der Waals surface area (Å²) in [7, 11) is 0. The molecule has 2 aliphatic rings. The fourth-order valence-electron chi connectivity index (χ4n) is 3.12. The first-order chi connectivity index (χ1) is 8.78. The molecule has 1 atom stereocenters. The van der Waals surface area contributed by atoms with E-state index in [4.69, 9.17) is 4.74 Å². The van der Waals surface area contributed by atoms with Gasteiger partial charge in [-0.3, -0.25) is 4.99 Å². The highest BCUT2D eigenvalue weighted by molar-refractivity contribution is 5.82. The molecular formula is C15H28N2O. The van der Waals surface area contributed by atoms with Crippen molar-refractivity contribution in [3.05, 3.63) is 0 Å². The third kappa shape index (κ3) is 3.47. The highest BCUT2D eigenvalue weighted by Gasteiger charge is 2.34. The van der Waals surface area contributed by atoms with Crippen LogP contribution >= 0.6 is 0 Å². The molecule has 0 aliphatic carbocycles. The van der Waals surface area contributed by atoms with Crippen molar-refractivity contribution >= 4 is 5.84 Å². The van der Waals surface area contributed by atoms with Gasteiger partial charge >= 0.3 is 0 Å². The van der Waals surface area contributed by atoms with Crippen LogP contribution < -0.4 is 5.32 Å². The summed E-state index contributed by atoms with van der Waals surface area (Å²) in [5, 5.41) is 3.69. The number of nitrogens with zero attached hydrogens (tertiary/aromatic N) is 1. The Morgan fingerprint density at radius 1 is 1.28 bits per heavy atom. The lowest BCUT2D eigenvalue weighted by Gasteiger charge is -2.40. The Kier molecular flexibility index (Phi) is 5.04. The molecule has 0 aromatic rings. The lowest BCUT2D eigenvalue weighted by Crippen LogP contribution is -2.48. The first kappa shape index (κ1) is 13.9. The Bertz CT molecular complexity index is 284. The average Bonchev–Trinajstić information content (AvgIpc) is 2.67. The maximum Gasteiger partial charge on any atom is 0.0965 e. The minimum Gasteiger partial charge on any atom is -0.375 e. The summed E-state index contributed by atoms with van der Waals surface area (Å²) in [5.41, 5.74) is 0.112. The summed E-state index contributed by atoms with van der Waals surface area (Å²) >= 11 is 0. The maximum atomic E-state index is 6.03. The number of rotatable bonds is 3. The van der Waals surface area contributed by atoms with Crippen molar-refractivity contribution < 1.29 is 4.74 Å². The zero-order valence-electron chi connectivity index (χ0n) is 12.0. The predicted octanol–water partition coefficient (Wildman–Crippen LogP) is 3.29. The maximum absolute atomic E-state index is 6.03. The van der Waals surface area contributed by atoms with Gasteiger partial charge in [0.25, 0.3) is 0 Å². The lowest BCUT2D eigenvalue weighted by molar-refractivity contribution is -0.0910. The normalized spacial score (nSPS) is 28.3. The second-order valence-electron chi connectivity index (χ2n) is 5.71. The molecule has 18 heavy (non-hydrogen) atoms. The van der Waals surface area contributed by atoms with Gasteiger partial charge in [0.2, 0.25) is 0 Å². The molecule has 1 N–H and O–H groups in total. The number of amidine groups is 1. The van der Waals surface area contributed by atoms with Crippen LogP contribution in [0.15, 0.2) is 4.99 Å². The van der Waals surface area contributed by atoms with Gasteiger partial charge in [-0.2, -0.15) is 0 Å². The molecule has 1 saturated heterocycles. The monoisotopic (exact) mass is 252 g/mol. The number of hydrogen-bond acceptors (Lipinski definition) is 3. The molecule has 2 aliphatic heterocycles. The summed E-state index contributed by atoms with van der Waals surface area (Å²) in [4.78, 5) is 4.68. The van der Waals surface area contributed by atoms with Crippen LogP contribution in [0.2, 0.25) is 0 Å². The highest BCUT2D eigenvalue weighted by atomic mass is 16.5. The molecule has 0 radical (unpaired) electrons. The quantitative estimate of drug-likeness (QED) is 0.836. The van der Waals surface area contributed by atoms with Crippen LogP contribution in [0.5, 0.6) is 0 Å². The summed E-state index contributed by atoms with van der Waals surface area (Å²) in [6, 6.07) is 0.565. The van der Waals surface area contributed by atoms with Crippen molar-refractivity contribution in [2.24, 2.45) is 4.99 Å². The van der Waals surface area contributed by atoms with Crippen molar-refractivity contribution in [2.45, 2.75) is 76.9 Å². The molecule has 0 amide bonds. The number of hydrogen-bond donors (Lipinski definition) is 1. The van der Waals surface area contributed by atoms with Gasteiger partial charge in [-0.15, -0.1) is 0 Å². The first-order valence-electron chi connectivity index (χ1n) is 7.72. The van der Waals surface area contributed by atoms with Crippen molar-refractivity contribution in [1.29, 1.82) is 0 Å². The topological polar surface area (TPSA) is 33.6 Å². The molecule has 1 fully saturated rings. The molecule has 0 aromatic carbocycles. The Hall–Kier alpha value is -0.570. The van der Waals surface area contributed by atoms with E-state index in [1.165, 1.54) is 25.1 Å².